The lowest BCUT2D eigenvalue weighted by atomic mass is 9.91. The molecule has 4 atom stereocenters. The van der Waals surface area contributed by atoms with Crippen LogP contribution in [0.1, 0.15) is 51.0 Å². The predicted molar refractivity (Wildman–Crippen MR) is 193 cm³/mol. The summed E-state index contributed by atoms with van der Waals surface area (Å²) in [5, 5.41) is 16.4. The van der Waals surface area contributed by atoms with Crippen molar-refractivity contribution in [3.63, 3.8) is 0 Å². The van der Waals surface area contributed by atoms with Gasteiger partial charge < -0.3 is 40.2 Å². The molecule has 4 N–H and O–H groups in total. The number of nitrogens with zero attached hydrogens (tertiary/aromatic N) is 3. The maximum Gasteiger partial charge on any atom is 0.352 e. The van der Waals surface area contributed by atoms with E-state index in [0.29, 0.717) is 4.90 Å². The monoisotopic (exact) mass is 808 g/mol. The van der Waals surface area contributed by atoms with Gasteiger partial charge in [-0.25, -0.2) is 9.59 Å². The standard InChI is InChI=1S/C36H36N6O14S/c1-5-40-13-14-41(31(49)30(40)48)35(53)38-26(21-9-7-6-8-10-21)29(47)39-36(37-17-43)33(52)42-27(32(50)51)23(16-57-34(36)42)28(56-20(4)46)22-11-12-24(54-18(2)44)25(15-22)55-19(3)45/h6-12,15,17,26,28,34H,5,13-14,16H2,1-4H3,(H,37,43)(H,38,53)(H,39,47)(H,50,51)/t26-,28?,34-,36-/m1/s1. The normalized spacial score (nSPS) is 20.0. The number of rotatable bonds is 13. The second-order valence-electron chi connectivity index (χ2n) is 12.6. The van der Waals surface area contributed by atoms with Gasteiger partial charge in [0.2, 0.25) is 18.0 Å². The van der Waals surface area contributed by atoms with Crippen molar-refractivity contribution in [1.29, 1.82) is 0 Å². The zero-order valence-corrected chi connectivity index (χ0v) is 31.6. The molecule has 0 aliphatic carbocycles. The van der Waals surface area contributed by atoms with Crippen LogP contribution in [0.15, 0.2) is 59.8 Å². The number of hydrogen-bond donors (Lipinski definition) is 4. The molecule has 0 bridgehead atoms. The van der Waals surface area contributed by atoms with Crippen LogP contribution in [-0.2, 0) is 47.9 Å². The number of hydrogen-bond acceptors (Lipinski definition) is 14. The number of carboxylic acid groups (broad SMARTS) is 1. The number of carbonyl (C=O) groups is 10. The molecular formula is C36H36N6O14S. The van der Waals surface area contributed by atoms with Gasteiger partial charge >= 0.3 is 41.7 Å². The number of thioether (sulfide) groups is 1. The number of urea groups is 1. The van der Waals surface area contributed by atoms with Crippen molar-refractivity contribution in [2.24, 2.45) is 0 Å². The minimum Gasteiger partial charge on any atom is -0.477 e. The SMILES string of the molecule is CCN1CCN(C(=O)N[C@@H](C(=O)N[C@]2(NC=O)C(=O)N3C(C(=O)O)=C(C(OC(C)=O)c4ccc(OC(C)=O)c(OC(C)=O)c4)CS[C@@H]32)c2ccccc2)C(=O)C1=O. The smallest absolute Gasteiger partial charge is 0.352 e. The Balaban J connectivity index is 1.49. The minimum absolute atomic E-state index is 0.0545. The van der Waals surface area contributed by atoms with Crippen LogP contribution in [0.3, 0.4) is 0 Å². The van der Waals surface area contributed by atoms with Crippen LogP contribution >= 0.6 is 11.8 Å². The molecule has 57 heavy (non-hydrogen) atoms. The average molecular weight is 809 g/mol. The summed E-state index contributed by atoms with van der Waals surface area (Å²) in [5.41, 5.74) is -2.82. The first kappa shape index (κ1) is 41.4. The number of amides is 7. The van der Waals surface area contributed by atoms with Crippen LogP contribution in [0.25, 0.3) is 0 Å². The van der Waals surface area contributed by atoms with Crippen molar-refractivity contribution < 1.29 is 67.3 Å². The summed E-state index contributed by atoms with van der Waals surface area (Å²) in [6.07, 6.45) is -1.39. The second kappa shape index (κ2) is 16.9. The lowest BCUT2D eigenvalue weighted by Crippen LogP contribution is -2.85. The third-order valence-electron chi connectivity index (χ3n) is 8.89. The molecular weight excluding hydrogens is 772 g/mol. The number of fused-ring (bicyclic) bond motifs is 1. The van der Waals surface area contributed by atoms with E-state index in [-0.39, 0.29) is 60.0 Å². The van der Waals surface area contributed by atoms with Crippen molar-refractivity contribution in [3.8, 4) is 11.5 Å². The minimum atomic E-state index is -2.28. The first-order chi connectivity index (χ1) is 27.0. The van der Waals surface area contributed by atoms with Gasteiger partial charge in [0.25, 0.3) is 5.91 Å². The highest BCUT2D eigenvalue weighted by Gasteiger charge is 2.66. The maximum absolute atomic E-state index is 14.2. The molecule has 3 aliphatic rings. The first-order valence-electron chi connectivity index (χ1n) is 17.1. The predicted octanol–water partition coefficient (Wildman–Crippen LogP) is 0.0953. The topological polar surface area (TPSA) is 264 Å². The van der Waals surface area contributed by atoms with Crippen molar-refractivity contribution in [2.45, 2.75) is 50.9 Å². The summed E-state index contributed by atoms with van der Waals surface area (Å²) in [6.45, 7) is 5.03. The zero-order chi connectivity index (χ0) is 41.8. The van der Waals surface area contributed by atoms with E-state index in [1.165, 1.54) is 35.2 Å². The Kier molecular flexibility index (Phi) is 12.3. The number of benzene rings is 2. The Bertz CT molecular complexity index is 2090. The summed E-state index contributed by atoms with van der Waals surface area (Å²) in [4.78, 5) is 130. The third kappa shape index (κ3) is 8.27. The van der Waals surface area contributed by atoms with Crippen LogP contribution in [0.4, 0.5) is 4.79 Å². The Morgan fingerprint density at radius 2 is 1.58 bits per heavy atom. The van der Waals surface area contributed by atoms with Gasteiger partial charge in [-0.3, -0.25) is 48.2 Å². The number of β-lactam (4-membered cyclic amide) rings is 1. The number of aliphatic carboxylic acids is 1. The molecule has 2 aromatic carbocycles. The Labute approximate surface area is 327 Å². The van der Waals surface area contributed by atoms with Crippen molar-refractivity contribution in [3.05, 3.63) is 70.9 Å². The van der Waals surface area contributed by atoms with Gasteiger partial charge in [0.05, 0.1) is 0 Å². The fraction of sp³-hybridized carbons (Fsp3) is 0.333. The lowest BCUT2D eigenvalue weighted by Gasteiger charge is -2.57. The number of carboxylic acids is 1. The molecule has 3 aliphatic heterocycles. The van der Waals surface area contributed by atoms with E-state index < -0.39 is 82.4 Å². The number of imide groups is 1. The number of likely N-dealkylation sites (N-methyl/N-ethyl adjacent to an activating group) is 1. The third-order valence-corrected chi connectivity index (χ3v) is 10.2. The number of nitrogens with one attached hydrogen (secondary N) is 3. The van der Waals surface area contributed by atoms with Gasteiger partial charge in [-0.1, -0.05) is 36.4 Å². The van der Waals surface area contributed by atoms with Gasteiger partial charge in [-0.2, -0.15) is 0 Å². The first-order valence-corrected chi connectivity index (χ1v) is 18.2. The fourth-order valence-electron chi connectivity index (χ4n) is 6.41. The van der Waals surface area contributed by atoms with Gasteiger partial charge in [0.1, 0.15) is 17.1 Å². The number of piperazine rings is 1. The largest absolute Gasteiger partial charge is 0.477 e. The molecule has 2 fully saturated rings. The van der Waals surface area contributed by atoms with Crippen LogP contribution < -0.4 is 25.4 Å². The van der Waals surface area contributed by atoms with E-state index in [4.69, 9.17) is 14.2 Å². The summed E-state index contributed by atoms with van der Waals surface area (Å²) >= 11 is 0.878. The van der Waals surface area contributed by atoms with E-state index >= 15 is 0 Å². The molecule has 7 amide bonds. The highest BCUT2D eigenvalue weighted by Crippen LogP contribution is 2.49. The Hall–Kier alpha value is -6.77. The fourth-order valence-corrected chi connectivity index (χ4v) is 7.86. The highest BCUT2D eigenvalue weighted by molar-refractivity contribution is 8.00. The molecule has 2 saturated heterocycles. The second-order valence-corrected chi connectivity index (χ2v) is 13.7. The van der Waals surface area contributed by atoms with E-state index in [0.717, 1.165) is 37.4 Å². The molecule has 21 heteroatoms. The van der Waals surface area contributed by atoms with Crippen LogP contribution in [0.5, 0.6) is 11.5 Å². The van der Waals surface area contributed by atoms with E-state index in [1.54, 1.807) is 25.1 Å². The Morgan fingerprint density at radius 3 is 2.18 bits per heavy atom. The number of carbonyl (C=O) groups excluding carboxylic acids is 9. The van der Waals surface area contributed by atoms with Crippen LogP contribution in [-0.4, -0.2) is 116 Å². The molecule has 20 nitrogen and oxygen atoms in total. The lowest BCUT2D eigenvalue weighted by molar-refractivity contribution is -0.163. The van der Waals surface area contributed by atoms with E-state index in [1.807, 2.05) is 0 Å². The van der Waals surface area contributed by atoms with E-state index in [2.05, 4.69) is 16.0 Å². The molecule has 0 radical (unpaired) electrons. The zero-order valence-electron chi connectivity index (χ0n) is 30.8. The van der Waals surface area contributed by atoms with Gasteiger partial charge in [-0.05, 0) is 24.6 Å². The average Bonchev–Trinajstić information content (AvgIpc) is 3.16. The summed E-state index contributed by atoms with van der Waals surface area (Å²) < 4.78 is 15.8. The molecule has 0 spiro atoms. The van der Waals surface area contributed by atoms with Crippen LogP contribution in [0.2, 0.25) is 0 Å². The molecule has 0 aromatic heterocycles. The van der Waals surface area contributed by atoms with Gasteiger partial charge in [0, 0.05) is 57.3 Å². The quantitative estimate of drug-likeness (QED) is 0.0522. The van der Waals surface area contributed by atoms with E-state index in [9.17, 15) is 53.1 Å². The Morgan fingerprint density at radius 1 is 0.912 bits per heavy atom. The van der Waals surface area contributed by atoms with Crippen molar-refractivity contribution >= 4 is 71.7 Å². The van der Waals surface area contributed by atoms with Gasteiger partial charge in [-0.15, -0.1) is 11.8 Å². The summed E-state index contributed by atoms with van der Waals surface area (Å²) in [7, 11) is 0. The maximum atomic E-state index is 14.2. The highest BCUT2D eigenvalue weighted by atomic mass is 32.2. The van der Waals surface area contributed by atoms with Gasteiger partial charge in [0.15, 0.2) is 17.6 Å². The molecule has 2 aromatic rings. The molecule has 300 valence electrons. The number of esters is 3. The molecule has 1 unspecified atom stereocenters. The van der Waals surface area contributed by atoms with Crippen LogP contribution in [0, 0.1) is 0 Å². The number of ether oxygens (including phenoxy) is 3. The molecule has 3 heterocycles. The summed E-state index contributed by atoms with van der Waals surface area (Å²) in [5.74, 6) is -8.99. The molecule has 5 rings (SSSR count). The van der Waals surface area contributed by atoms with Crippen molar-refractivity contribution in [2.75, 3.05) is 25.4 Å². The molecule has 0 saturated carbocycles. The summed E-state index contributed by atoms with van der Waals surface area (Å²) in [6, 6.07) is 8.71. The van der Waals surface area contributed by atoms with Crippen molar-refractivity contribution in [1.82, 2.24) is 30.7 Å².